The van der Waals surface area contributed by atoms with Crippen molar-refractivity contribution in [2.75, 3.05) is 20.1 Å². The van der Waals surface area contributed by atoms with Gasteiger partial charge in [0.25, 0.3) is 0 Å². The summed E-state index contributed by atoms with van der Waals surface area (Å²) in [6, 6.07) is 2.85. The maximum absolute atomic E-state index is 3.59. The quantitative estimate of drug-likeness (QED) is 0.767. The van der Waals surface area contributed by atoms with E-state index in [2.05, 4.69) is 47.3 Å². The number of hydrogen-bond donors (Lipinski definition) is 1. The molecule has 0 bridgehead atoms. The fourth-order valence-electron chi connectivity index (χ4n) is 2.03. The van der Waals surface area contributed by atoms with Crippen LogP contribution in [0, 0.1) is 0 Å². The Balaban J connectivity index is 1.77. The summed E-state index contributed by atoms with van der Waals surface area (Å²) in [7, 11) is 4.25. The molecule has 0 amide bonds. The van der Waals surface area contributed by atoms with Gasteiger partial charge >= 0.3 is 0 Å². The van der Waals surface area contributed by atoms with Crippen molar-refractivity contribution >= 4 is 0 Å². The number of nitrogens with zero attached hydrogens (tertiary/aromatic N) is 2. The zero-order valence-corrected chi connectivity index (χ0v) is 9.03. The maximum atomic E-state index is 3.59. The van der Waals surface area contributed by atoms with E-state index in [4.69, 9.17) is 0 Å². The van der Waals surface area contributed by atoms with Crippen LogP contribution in [0.4, 0.5) is 0 Å². The minimum Gasteiger partial charge on any atom is -0.357 e. The summed E-state index contributed by atoms with van der Waals surface area (Å²) < 4.78 is 2.10. The molecule has 0 aliphatic carbocycles. The number of likely N-dealkylation sites (tertiary alicyclic amines) is 1. The second-order valence-corrected chi connectivity index (χ2v) is 4.31. The fraction of sp³-hybridized carbons (Fsp3) is 0.636. The van der Waals surface area contributed by atoms with Gasteiger partial charge in [-0.1, -0.05) is 0 Å². The number of hydrogen-bond acceptors (Lipinski definition) is 2. The molecule has 1 N–H and O–H groups in total. The van der Waals surface area contributed by atoms with Gasteiger partial charge in [0.15, 0.2) is 0 Å². The number of nitrogens with one attached hydrogen (secondary N) is 1. The van der Waals surface area contributed by atoms with Gasteiger partial charge in [0.2, 0.25) is 0 Å². The standard InChI is InChI=1S/C11H19N3/c1-13-5-3-10(8-13)7-12-11-4-6-14(2)9-11/h3,5,8,11-12H,4,6-7,9H2,1-2H3. The smallest absolute Gasteiger partial charge is 0.0223 e. The summed E-state index contributed by atoms with van der Waals surface area (Å²) >= 11 is 0. The largest absolute Gasteiger partial charge is 0.357 e. The van der Waals surface area contributed by atoms with Crippen molar-refractivity contribution < 1.29 is 0 Å². The molecule has 0 spiro atoms. The highest BCUT2D eigenvalue weighted by atomic mass is 15.2. The van der Waals surface area contributed by atoms with Crippen molar-refractivity contribution in [3.63, 3.8) is 0 Å². The first kappa shape index (κ1) is 9.74. The summed E-state index contributed by atoms with van der Waals surface area (Å²) in [4.78, 5) is 2.38. The van der Waals surface area contributed by atoms with Crippen molar-refractivity contribution in [3.05, 3.63) is 24.0 Å². The number of likely N-dealkylation sites (N-methyl/N-ethyl adjacent to an activating group) is 1. The van der Waals surface area contributed by atoms with E-state index in [-0.39, 0.29) is 0 Å². The molecule has 78 valence electrons. The van der Waals surface area contributed by atoms with Crippen molar-refractivity contribution in [1.29, 1.82) is 0 Å². The molecule has 1 atom stereocenters. The van der Waals surface area contributed by atoms with Crippen LogP contribution < -0.4 is 5.32 Å². The third-order valence-corrected chi connectivity index (χ3v) is 2.88. The monoisotopic (exact) mass is 193 g/mol. The zero-order valence-electron chi connectivity index (χ0n) is 9.03. The highest BCUT2D eigenvalue weighted by molar-refractivity contribution is 5.09. The summed E-state index contributed by atoms with van der Waals surface area (Å²) in [5, 5.41) is 3.59. The predicted octanol–water partition coefficient (Wildman–Crippen LogP) is 0.819. The van der Waals surface area contributed by atoms with E-state index in [0.717, 1.165) is 6.54 Å². The highest BCUT2D eigenvalue weighted by Crippen LogP contribution is 2.07. The molecule has 14 heavy (non-hydrogen) atoms. The molecule has 1 aromatic rings. The lowest BCUT2D eigenvalue weighted by atomic mass is 10.2. The topological polar surface area (TPSA) is 20.2 Å². The lowest BCUT2D eigenvalue weighted by molar-refractivity contribution is 0.397. The zero-order chi connectivity index (χ0) is 9.97. The summed E-state index contributed by atoms with van der Waals surface area (Å²) in [6.45, 7) is 3.42. The van der Waals surface area contributed by atoms with Crippen LogP contribution in [-0.4, -0.2) is 35.6 Å². The van der Waals surface area contributed by atoms with Gasteiger partial charge in [-0.05, 0) is 31.6 Å². The SMILES string of the molecule is CN1CCC(NCc2ccn(C)c2)C1. The molecule has 2 rings (SSSR count). The molecule has 3 heteroatoms. The molecule has 3 nitrogen and oxygen atoms in total. The summed E-state index contributed by atoms with van der Waals surface area (Å²) in [6.07, 6.45) is 5.55. The first-order valence-electron chi connectivity index (χ1n) is 5.27. The molecule has 1 aliphatic heterocycles. The Kier molecular flexibility index (Phi) is 2.89. The molecule has 0 radical (unpaired) electrons. The van der Waals surface area contributed by atoms with Gasteiger partial charge in [0.05, 0.1) is 0 Å². The minimum absolute atomic E-state index is 0.681. The molecule has 2 heterocycles. The van der Waals surface area contributed by atoms with Crippen LogP contribution in [0.25, 0.3) is 0 Å². The summed E-state index contributed by atoms with van der Waals surface area (Å²) in [5.41, 5.74) is 1.38. The van der Waals surface area contributed by atoms with Crippen molar-refractivity contribution in [2.45, 2.75) is 19.0 Å². The molecule has 0 saturated carbocycles. The first-order chi connectivity index (χ1) is 6.74. The van der Waals surface area contributed by atoms with E-state index < -0.39 is 0 Å². The van der Waals surface area contributed by atoms with E-state index in [1.165, 1.54) is 25.1 Å². The lowest BCUT2D eigenvalue weighted by Crippen LogP contribution is -2.30. The van der Waals surface area contributed by atoms with Gasteiger partial charge in [0, 0.05) is 38.6 Å². The molecular weight excluding hydrogens is 174 g/mol. The van der Waals surface area contributed by atoms with Gasteiger partial charge in [0.1, 0.15) is 0 Å². The van der Waals surface area contributed by atoms with Gasteiger partial charge in [-0.3, -0.25) is 0 Å². The number of rotatable bonds is 3. The third kappa shape index (κ3) is 2.36. The Bertz CT molecular complexity index is 292. The van der Waals surface area contributed by atoms with E-state index in [1.54, 1.807) is 0 Å². The highest BCUT2D eigenvalue weighted by Gasteiger charge is 2.18. The predicted molar refractivity (Wildman–Crippen MR) is 58.2 cm³/mol. The Morgan fingerprint density at radius 3 is 2.93 bits per heavy atom. The third-order valence-electron chi connectivity index (χ3n) is 2.88. The maximum Gasteiger partial charge on any atom is 0.0223 e. The first-order valence-corrected chi connectivity index (χ1v) is 5.27. The van der Waals surface area contributed by atoms with Crippen LogP contribution in [0.5, 0.6) is 0 Å². The second-order valence-electron chi connectivity index (χ2n) is 4.31. The normalized spacial score (nSPS) is 23.1. The lowest BCUT2D eigenvalue weighted by Gasteiger charge is -2.11. The Morgan fingerprint density at radius 1 is 1.50 bits per heavy atom. The van der Waals surface area contributed by atoms with Crippen molar-refractivity contribution in [2.24, 2.45) is 7.05 Å². The molecule has 0 aromatic carbocycles. The number of aromatic nitrogens is 1. The molecule has 1 fully saturated rings. The van der Waals surface area contributed by atoms with Crippen LogP contribution >= 0.6 is 0 Å². The molecule has 1 aromatic heterocycles. The van der Waals surface area contributed by atoms with E-state index in [0.29, 0.717) is 6.04 Å². The van der Waals surface area contributed by atoms with E-state index >= 15 is 0 Å². The van der Waals surface area contributed by atoms with Crippen molar-refractivity contribution in [1.82, 2.24) is 14.8 Å². The van der Waals surface area contributed by atoms with Crippen LogP contribution in [-0.2, 0) is 13.6 Å². The fourth-order valence-corrected chi connectivity index (χ4v) is 2.03. The molecule has 1 saturated heterocycles. The van der Waals surface area contributed by atoms with Crippen LogP contribution in [0.15, 0.2) is 18.5 Å². The van der Waals surface area contributed by atoms with Crippen LogP contribution in [0.2, 0.25) is 0 Å². The second kappa shape index (κ2) is 4.15. The van der Waals surface area contributed by atoms with Crippen LogP contribution in [0.1, 0.15) is 12.0 Å². The van der Waals surface area contributed by atoms with Crippen LogP contribution in [0.3, 0.4) is 0 Å². The van der Waals surface area contributed by atoms with Gasteiger partial charge in [-0.25, -0.2) is 0 Å². The average Bonchev–Trinajstić information content (AvgIpc) is 2.72. The number of aryl methyl sites for hydroxylation is 1. The molecule has 1 unspecified atom stereocenters. The Labute approximate surface area is 85.7 Å². The Morgan fingerprint density at radius 2 is 2.36 bits per heavy atom. The van der Waals surface area contributed by atoms with Gasteiger partial charge < -0.3 is 14.8 Å². The summed E-state index contributed by atoms with van der Waals surface area (Å²) in [5.74, 6) is 0. The van der Waals surface area contributed by atoms with Gasteiger partial charge in [-0.2, -0.15) is 0 Å². The van der Waals surface area contributed by atoms with Gasteiger partial charge in [-0.15, -0.1) is 0 Å². The molecule has 1 aliphatic rings. The average molecular weight is 193 g/mol. The molecular formula is C11H19N3. The van der Waals surface area contributed by atoms with E-state index in [9.17, 15) is 0 Å². The van der Waals surface area contributed by atoms with E-state index in [1.807, 2.05) is 0 Å². The van der Waals surface area contributed by atoms with Crippen molar-refractivity contribution in [3.8, 4) is 0 Å². The minimum atomic E-state index is 0.681. The Hall–Kier alpha value is -0.800.